The number of phenols is 1. The number of ether oxygens (including phenoxy) is 2. The number of aromatic hydroxyl groups is 1. The monoisotopic (exact) mass is 489 g/mol. The summed E-state index contributed by atoms with van der Waals surface area (Å²) < 4.78 is 40.1. The van der Waals surface area contributed by atoms with Crippen LogP contribution in [0.5, 0.6) is 5.75 Å². The Balaban J connectivity index is 2.14. The van der Waals surface area contributed by atoms with Gasteiger partial charge in [0.15, 0.2) is 0 Å². The van der Waals surface area contributed by atoms with E-state index in [9.17, 15) is 19.1 Å². The fourth-order valence-electron chi connectivity index (χ4n) is 4.26. The van der Waals surface area contributed by atoms with Gasteiger partial charge in [-0.05, 0) is 88.3 Å². The Hall–Kier alpha value is -3.16. The number of carbonyl (C=O) groups is 2. The van der Waals surface area contributed by atoms with Gasteiger partial charge in [-0.25, -0.2) is 13.6 Å². The van der Waals surface area contributed by atoms with Crippen LogP contribution in [-0.4, -0.2) is 29.4 Å². The minimum absolute atomic E-state index is 0.0265. The lowest BCUT2D eigenvalue weighted by Crippen LogP contribution is -2.36. The first-order valence-electron chi connectivity index (χ1n) is 11.9. The van der Waals surface area contributed by atoms with Gasteiger partial charge in [0.2, 0.25) is 0 Å². The maximum atomic E-state index is 15.9. The standard InChI is InChI=1S/C27H33F2NO5/c1-6-34-23(32)14-21(30-26(33)35-27(3,4)5)20-12-17(11-19(25(20)29)16-8-7-9-16)24-15(2)10-18(28)13-22(24)31/h10-13,16,21,31H,6-9,14H2,1-5H3,(H,30,33)/t21-/m0/s1. The second-order valence-corrected chi connectivity index (χ2v) is 9.92. The molecule has 0 spiro atoms. The average Bonchev–Trinajstić information content (AvgIpc) is 2.66. The van der Waals surface area contributed by atoms with Gasteiger partial charge in [-0.1, -0.05) is 6.42 Å². The minimum atomic E-state index is -1.08. The number of esters is 1. The smallest absolute Gasteiger partial charge is 0.408 e. The van der Waals surface area contributed by atoms with Crippen molar-refractivity contribution in [2.45, 2.75) is 77.9 Å². The van der Waals surface area contributed by atoms with Gasteiger partial charge in [0.1, 0.15) is 23.0 Å². The molecule has 0 radical (unpaired) electrons. The summed E-state index contributed by atoms with van der Waals surface area (Å²) >= 11 is 0. The Morgan fingerprint density at radius 3 is 2.40 bits per heavy atom. The molecular weight excluding hydrogens is 456 g/mol. The van der Waals surface area contributed by atoms with Crippen LogP contribution < -0.4 is 5.32 Å². The zero-order valence-corrected chi connectivity index (χ0v) is 20.8. The topological polar surface area (TPSA) is 84.9 Å². The van der Waals surface area contributed by atoms with E-state index in [0.717, 1.165) is 25.3 Å². The SMILES string of the molecule is CCOC(=O)C[C@H](NC(=O)OC(C)(C)C)c1cc(-c2c(C)cc(F)cc2O)cc(C2CCC2)c1F. The van der Waals surface area contributed by atoms with Crippen LogP contribution in [0.15, 0.2) is 24.3 Å². The van der Waals surface area contributed by atoms with Gasteiger partial charge in [0.25, 0.3) is 0 Å². The summed E-state index contributed by atoms with van der Waals surface area (Å²) in [6, 6.07) is 4.36. The second-order valence-electron chi connectivity index (χ2n) is 9.92. The first-order chi connectivity index (χ1) is 16.4. The molecule has 6 nitrogen and oxygen atoms in total. The van der Waals surface area contributed by atoms with E-state index in [2.05, 4.69) is 5.32 Å². The molecule has 1 fully saturated rings. The van der Waals surface area contributed by atoms with E-state index in [1.165, 1.54) is 12.1 Å². The maximum Gasteiger partial charge on any atom is 0.408 e. The van der Waals surface area contributed by atoms with Crippen LogP contribution in [0.1, 0.15) is 82.0 Å². The van der Waals surface area contributed by atoms with Crippen LogP contribution in [0.25, 0.3) is 11.1 Å². The molecule has 190 valence electrons. The molecule has 0 aromatic heterocycles. The number of hydrogen-bond acceptors (Lipinski definition) is 5. The van der Waals surface area contributed by atoms with Crippen LogP contribution in [0.4, 0.5) is 13.6 Å². The van der Waals surface area contributed by atoms with Crippen molar-refractivity contribution in [3.8, 4) is 16.9 Å². The molecule has 0 bridgehead atoms. The number of aryl methyl sites for hydroxylation is 1. The Kier molecular flexibility index (Phi) is 8.03. The van der Waals surface area contributed by atoms with E-state index < -0.39 is 35.3 Å². The van der Waals surface area contributed by atoms with Crippen molar-refractivity contribution in [1.29, 1.82) is 0 Å². The molecule has 0 saturated heterocycles. The quantitative estimate of drug-likeness (QED) is 0.438. The highest BCUT2D eigenvalue weighted by molar-refractivity contribution is 5.77. The highest BCUT2D eigenvalue weighted by atomic mass is 19.1. The number of hydrogen-bond donors (Lipinski definition) is 2. The Morgan fingerprint density at radius 2 is 1.86 bits per heavy atom. The minimum Gasteiger partial charge on any atom is -0.507 e. The van der Waals surface area contributed by atoms with Crippen LogP contribution in [-0.2, 0) is 14.3 Å². The predicted octanol–water partition coefficient (Wildman–Crippen LogP) is 6.43. The third-order valence-electron chi connectivity index (χ3n) is 5.98. The number of rotatable bonds is 7. The molecule has 1 aliphatic carbocycles. The molecule has 1 amide bonds. The van der Waals surface area contributed by atoms with E-state index >= 15 is 4.39 Å². The predicted molar refractivity (Wildman–Crippen MR) is 128 cm³/mol. The number of carbonyl (C=O) groups excluding carboxylic acids is 2. The number of alkyl carbamates (subject to hydrolysis) is 1. The van der Waals surface area contributed by atoms with Gasteiger partial charge < -0.3 is 19.9 Å². The van der Waals surface area contributed by atoms with Crippen molar-refractivity contribution >= 4 is 12.1 Å². The number of nitrogens with one attached hydrogen (secondary N) is 1. The molecule has 2 aromatic carbocycles. The zero-order chi connectivity index (χ0) is 25.9. The lowest BCUT2D eigenvalue weighted by Gasteiger charge is -2.29. The molecule has 0 unspecified atom stereocenters. The summed E-state index contributed by atoms with van der Waals surface area (Å²) in [5.74, 6) is -2.02. The van der Waals surface area contributed by atoms with Gasteiger partial charge in [-0.3, -0.25) is 4.79 Å². The molecule has 0 heterocycles. The highest BCUT2D eigenvalue weighted by Gasteiger charge is 2.31. The van der Waals surface area contributed by atoms with Crippen molar-refractivity contribution < 1.29 is 33.0 Å². The molecule has 1 saturated carbocycles. The van der Waals surface area contributed by atoms with E-state index in [4.69, 9.17) is 9.47 Å². The second kappa shape index (κ2) is 10.6. The van der Waals surface area contributed by atoms with E-state index in [1.54, 1.807) is 40.7 Å². The highest BCUT2D eigenvalue weighted by Crippen LogP contribution is 2.43. The Morgan fingerprint density at radius 1 is 1.17 bits per heavy atom. The van der Waals surface area contributed by atoms with Crippen LogP contribution in [0.2, 0.25) is 0 Å². The number of benzene rings is 2. The molecular formula is C27H33F2NO5. The maximum absolute atomic E-state index is 15.9. The lowest BCUT2D eigenvalue weighted by molar-refractivity contribution is -0.143. The van der Waals surface area contributed by atoms with E-state index in [-0.39, 0.29) is 30.3 Å². The molecule has 3 rings (SSSR count). The van der Waals surface area contributed by atoms with Crippen LogP contribution >= 0.6 is 0 Å². The number of phenolic OH excluding ortho intramolecular Hbond substituents is 1. The fourth-order valence-corrected chi connectivity index (χ4v) is 4.26. The third-order valence-corrected chi connectivity index (χ3v) is 5.98. The van der Waals surface area contributed by atoms with Gasteiger partial charge >= 0.3 is 12.1 Å². The molecule has 35 heavy (non-hydrogen) atoms. The summed E-state index contributed by atoms with van der Waals surface area (Å²) in [5, 5.41) is 13.1. The van der Waals surface area contributed by atoms with Crippen LogP contribution in [0.3, 0.4) is 0 Å². The van der Waals surface area contributed by atoms with E-state index in [0.29, 0.717) is 22.3 Å². The third kappa shape index (κ3) is 6.50. The molecule has 2 N–H and O–H groups in total. The number of amides is 1. The first-order valence-corrected chi connectivity index (χ1v) is 11.9. The van der Waals surface area contributed by atoms with Crippen molar-refractivity contribution in [2.24, 2.45) is 0 Å². The first kappa shape index (κ1) is 26.4. The molecule has 8 heteroatoms. The molecule has 0 aliphatic heterocycles. The molecule has 2 aromatic rings. The zero-order valence-electron chi connectivity index (χ0n) is 20.8. The van der Waals surface area contributed by atoms with E-state index in [1.807, 2.05) is 0 Å². The Labute approximate surface area is 204 Å². The summed E-state index contributed by atoms with van der Waals surface area (Å²) in [6.45, 7) is 8.54. The van der Waals surface area contributed by atoms with Gasteiger partial charge in [0.05, 0.1) is 19.1 Å². The van der Waals surface area contributed by atoms with Gasteiger partial charge in [-0.15, -0.1) is 0 Å². The van der Waals surface area contributed by atoms with Crippen molar-refractivity contribution in [3.05, 3.63) is 52.6 Å². The summed E-state index contributed by atoms with van der Waals surface area (Å²) in [4.78, 5) is 25.0. The normalized spacial score (nSPS) is 14.7. The van der Waals surface area contributed by atoms with Crippen LogP contribution in [0, 0.1) is 18.6 Å². The Bertz CT molecular complexity index is 1080. The summed E-state index contributed by atoms with van der Waals surface area (Å²) in [7, 11) is 0. The average molecular weight is 490 g/mol. The van der Waals surface area contributed by atoms with Crippen molar-refractivity contribution in [3.63, 3.8) is 0 Å². The van der Waals surface area contributed by atoms with Gasteiger partial charge in [0, 0.05) is 17.2 Å². The molecule has 1 atom stereocenters. The summed E-state index contributed by atoms with van der Waals surface area (Å²) in [6.07, 6.45) is 1.45. The largest absolute Gasteiger partial charge is 0.507 e. The molecule has 1 aliphatic rings. The van der Waals surface area contributed by atoms with Crippen molar-refractivity contribution in [1.82, 2.24) is 5.32 Å². The van der Waals surface area contributed by atoms with Crippen molar-refractivity contribution in [2.75, 3.05) is 6.61 Å². The fraction of sp³-hybridized carbons (Fsp3) is 0.481. The number of halogens is 2. The van der Waals surface area contributed by atoms with Gasteiger partial charge in [-0.2, -0.15) is 0 Å². The lowest BCUT2D eigenvalue weighted by atomic mass is 9.77. The summed E-state index contributed by atoms with van der Waals surface area (Å²) in [5.41, 5.74) is 1.02.